The molecule has 5 rings (SSSR count). The first kappa shape index (κ1) is 22.4. The highest BCUT2D eigenvalue weighted by Crippen LogP contribution is 2.37. The van der Waals surface area contributed by atoms with Crippen molar-refractivity contribution in [2.24, 2.45) is 0 Å². The van der Waals surface area contributed by atoms with Crippen LogP contribution in [0.5, 0.6) is 0 Å². The molecule has 0 unspecified atom stereocenters. The van der Waals surface area contributed by atoms with Gasteiger partial charge in [0.25, 0.3) is 0 Å². The summed E-state index contributed by atoms with van der Waals surface area (Å²) in [6.45, 7) is 7.95. The summed E-state index contributed by atoms with van der Waals surface area (Å²) in [7, 11) is -0.683. The highest BCUT2D eigenvalue weighted by atomic mass is 19.1. The second kappa shape index (κ2) is 8.42. The van der Waals surface area contributed by atoms with Gasteiger partial charge in [-0.2, -0.15) is 0 Å². The molecule has 0 N–H and O–H groups in total. The third-order valence-corrected chi connectivity index (χ3v) is 6.46. The van der Waals surface area contributed by atoms with E-state index < -0.39 is 24.1 Å². The van der Waals surface area contributed by atoms with Crippen LogP contribution in [0.3, 0.4) is 0 Å². The van der Waals surface area contributed by atoms with E-state index in [0.29, 0.717) is 28.5 Å². The Hall–Kier alpha value is -3.42. The van der Waals surface area contributed by atoms with Crippen LogP contribution >= 0.6 is 0 Å². The summed E-state index contributed by atoms with van der Waals surface area (Å²) in [6, 6.07) is 23.9. The van der Waals surface area contributed by atoms with Crippen molar-refractivity contribution in [1.82, 2.24) is 15.0 Å². The number of nitrogens with zero attached hydrogens (tertiary/aromatic N) is 3. The van der Waals surface area contributed by atoms with Gasteiger partial charge >= 0.3 is 7.12 Å². The monoisotopic (exact) mass is 453 g/mol. The van der Waals surface area contributed by atoms with Gasteiger partial charge in [0.05, 0.1) is 11.2 Å². The average molecular weight is 453 g/mol. The van der Waals surface area contributed by atoms with E-state index in [-0.39, 0.29) is 0 Å². The molecule has 5 nitrogen and oxygen atoms in total. The molecule has 0 spiro atoms. The first-order chi connectivity index (χ1) is 16.2. The van der Waals surface area contributed by atoms with Crippen LogP contribution in [0, 0.1) is 5.82 Å². The molecule has 1 fully saturated rings. The molecule has 0 aliphatic carbocycles. The number of hydrogen-bond acceptors (Lipinski definition) is 5. The van der Waals surface area contributed by atoms with Gasteiger partial charge < -0.3 is 9.31 Å². The number of halogens is 1. The molecule has 2 heterocycles. The number of benzene rings is 3. The number of rotatable bonds is 4. The molecule has 1 saturated heterocycles. The van der Waals surface area contributed by atoms with Crippen LogP contribution in [-0.4, -0.2) is 33.3 Å². The van der Waals surface area contributed by atoms with Crippen LogP contribution in [0.1, 0.15) is 27.7 Å². The van der Waals surface area contributed by atoms with Crippen molar-refractivity contribution >= 4 is 12.6 Å². The third kappa shape index (κ3) is 4.13. The van der Waals surface area contributed by atoms with Gasteiger partial charge in [0.1, 0.15) is 5.82 Å². The van der Waals surface area contributed by atoms with Crippen molar-refractivity contribution in [1.29, 1.82) is 0 Å². The molecule has 0 radical (unpaired) electrons. The van der Waals surface area contributed by atoms with Crippen LogP contribution in [0.25, 0.3) is 34.2 Å². The number of hydrogen-bond donors (Lipinski definition) is 0. The summed E-state index contributed by atoms with van der Waals surface area (Å²) >= 11 is 0. The van der Waals surface area contributed by atoms with Crippen molar-refractivity contribution in [3.8, 4) is 34.2 Å². The molecule has 1 aliphatic heterocycles. The van der Waals surface area contributed by atoms with E-state index in [2.05, 4.69) is 0 Å². The lowest BCUT2D eigenvalue weighted by Gasteiger charge is -2.32. The van der Waals surface area contributed by atoms with Crippen LogP contribution in [0.2, 0.25) is 0 Å². The van der Waals surface area contributed by atoms with Crippen molar-refractivity contribution in [2.75, 3.05) is 0 Å². The van der Waals surface area contributed by atoms with Crippen molar-refractivity contribution < 1.29 is 13.7 Å². The second-order valence-corrected chi connectivity index (χ2v) is 9.36. The summed E-state index contributed by atoms with van der Waals surface area (Å²) in [6.07, 6.45) is 0. The molecule has 1 aliphatic rings. The fourth-order valence-electron chi connectivity index (χ4n) is 3.83. The molecular weight excluding hydrogens is 428 g/mol. The minimum Gasteiger partial charge on any atom is -0.399 e. The van der Waals surface area contributed by atoms with E-state index in [4.69, 9.17) is 24.3 Å². The molecule has 0 atom stereocenters. The lowest BCUT2D eigenvalue weighted by Crippen LogP contribution is -2.41. The first-order valence-electron chi connectivity index (χ1n) is 11.3. The normalized spacial score (nSPS) is 16.6. The Morgan fingerprint density at radius 1 is 0.647 bits per heavy atom. The smallest absolute Gasteiger partial charge is 0.399 e. The molecule has 7 heteroatoms. The molecule has 1 aromatic heterocycles. The minimum atomic E-state index is -0.683. The Kier molecular flexibility index (Phi) is 5.54. The summed E-state index contributed by atoms with van der Waals surface area (Å²) < 4.78 is 27.1. The molecule has 3 aromatic carbocycles. The van der Waals surface area contributed by atoms with E-state index in [1.807, 2.05) is 88.4 Å². The largest absolute Gasteiger partial charge is 0.495 e. The van der Waals surface area contributed by atoms with Gasteiger partial charge in [0.15, 0.2) is 17.5 Å². The second-order valence-electron chi connectivity index (χ2n) is 9.36. The zero-order valence-electron chi connectivity index (χ0n) is 19.6. The quantitative estimate of drug-likeness (QED) is 0.392. The zero-order chi connectivity index (χ0) is 23.9. The van der Waals surface area contributed by atoms with E-state index in [1.54, 1.807) is 6.07 Å². The van der Waals surface area contributed by atoms with Gasteiger partial charge in [-0.1, -0.05) is 66.7 Å². The van der Waals surface area contributed by atoms with Crippen molar-refractivity contribution in [3.05, 3.63) is 84.7 Å². The first-order valence-corrected chi connectivity index (χ1v) is 11.3. The molecule has 170 valence electrons. The summed E-state index contributed by atoms with van der Waals surface area (Å²) in [5.41, 5.74) is 1.80. The van der Waals surface area contributed by atoms with Crippen molar-refractivity contribution in [2.45, 2.75) is 38.9 Å². The van der Waals surface area contributed by atoms with Gasteiger partial charge in [0.2, 0.25) is 0 Å². The van der Waals surface area contributed by atoms with E-state index in [9.17, 15) is 4.39 Å². The Labute approximate surface area is 199 Å². The van der Waals surface area contributed by atoms with Gasteiger partial charge in [-0.25, -0.2) is 19.3 Å². The van der Waals surface area contributed by atoms with E-state index >= 15 is 0 Å². The maximum absolute atomic E-state index is 14.5. The minimum absolute atomic E-state index is 0.358. The van der Waals surface area contributed by atoms with Gasteiger partial charge in [-0.15, -0.1) is 0 Å². The predicted molar refractivity (Wildman–Crippen MR) is 132 cm³/mol. The van der Waals surface area contributed by atoms with Gasteiger partial charge in [0, 0.05) is 16.7 Å². The zero-order valence-corrected chi connectivity index (χ0v) is 19.6. The maximum Gasteiger partial charge on any atom is 0.495 e. The molecule has 34 heavy (non-hydrogen) atoms. The van der Waals surface area contributed by atoms with Crippen LogP contribution in [0.4, 0.5) is 4.39 Å². The van der Waals surface area contributed by atoms with E-state index in [0.717, 1.165) is 11.1 Å². The fourth-order valence-corrected chi connectivity index (χ4v) is 3.83. The highest BCUT2D eigenvalue weighted by molar-refractivity contribution is 6.63. The van der Waals surface area contributed by atoms with Gasteiger partial charge in [-0.05, 0) is 45.3 Å². The SMILES string of the molecule is CC1(C)OB(c2ccc(F)cc2-c2nc(-c3ccccc3)nc(-c3ccccc3)n2)OC1(C)C. The van der Waals surface area contributed by atoms with Crippen LogP contribution < -0.4 is 5.46 Å². The van der Waals surface area contributed by atoms with Crippen LogP contribution in [0.15, 0.2) is 78.9 Å². The molecule has 0 bridgehead atoms. The average Bonchev–Trinajstić information content (AvgIpc) is 3.06. The Morgan fingerprint density at radius 3 is 1.62 bits per heavy atom. The lowest BCUT2D eigenvalue weighted by atomic mass is 9.75. The standard InChI is InChI=1S/C27H25BFN3O2/c1-26(2)27(3,4)34-28(33-26)22-16-15-20(29)17-21(22)25-31-23(18-11-7-5-8-12-18)30-24(32-25)19-13-9-6-10-14-19/h5-17H,1-4H3. The van der Waals surface area contributed by atoms with Crippen LogP contribution in [-0.2, 0) is 9.31 Å². The fraction of sp³-hybridized carbons (Fsp3) is 0.222. The predicted octanol–water partition coefficient (Wildman–Crippen LogP) is 5.31. The maximum atomic E-state index is 14.5. The molecule has 0 saturated carbocycles. The summed E-state index contributed by atoms with van der Waals surface area (Å²) in [5, 5.41) is 0. The lowest BCUT2D eigenvalue weighted by molar-refractivity contribution is 0.00578. The molecule has 4 aromatic rings. The summed E-state index contributed by atoms with van der Waals surface area (Å²) in [5.74, 6) is 0.984. The van der Waals surface area contributed by atoms with Gasteiger partial charge in [-0.3, -0.25) is 0 Å². The Bertz CT molecular complexity index is 1260. The topological polar surface area (TPSA) is 57.1 Å². The third-order valence-electron chi connectivity index (χ3n) is 6.46. The highest BCUT2D eigenvalue weighted by Gasteiger charge is 2.52. The van der Waals surface area contributed by atoms with Crippen molar-refractivity contribution in [3.63, 3.8) is 0 Å². The molecular formula is C27H25BFN3O2. The Balaban J connectivity index is 1.69. The summed E-state index contributed by atoms with van der Waals surface area (Å²) in [4.78, 5) is 14.2. The number of aromatic nitrogens is 3. The Morgan fingerprint density at radius 2 is 1.12 bits per heavy atom. The molecule has 0 amide bonds. The van der Waals surface area contributed by atoms with E-state index in [1.165, 1.54) is 12.1 Å².